The first kappa shape index (κ1) is 18.1. The molecule has 0 aromatic heterocycles. The van der Waals surface area contributed by atoms with Gasteiger partial charge in [-0.3, -0.25) is 0 Å². The minimum absolute atomic E-state index is 0.247. The van der Waals surface area contributed by atoms with E-state index in [4.69, 9.17) is 28.4 Å². The smallest absolute Gasteiger partial charge is 0.184 e. The molecule has 6 nitrogen and oxygen atoms in total. The molecule has 1 aromatic rings. The van der Waals surface area contributed by atoms with E-state index in [2.05, 4.69) is 6.58 Å². The lowest BCUT2D eigenvalue weighted by molar-refractivity contribution is -0.334. The van der Waals surface area contributed by atoms with Crippen LogP contribution in [0.3, 0.4) is 0 Å². The van der Waals surface area contributed by atoms with Gasteiger partial charge in [-0.05, 0) is 19.3 Å². The van der Waals surface area contributed by atoms with Crippen LogP contribution in [0.25, 0.3) is 0 Å². The maximum Gasteiger partial charge on any atom is 0.184 e. The van der Waals surface area contributed by atoms with Crippen molar-refractivity contribution in [2.45, 2.75) is 56.4 Å². The Hall–Kier alpha value is -1.28. The molecule has 26 heavy (non-hydrogen) atoms. The second-order valence-electron chi connectivity index (χ2n) is 6.85. The molecule has 3 aliphatic heterocycles. The SMILES string of the molecule is C=C1[C@@H](OC)O[C@@H]2COC(c3ccccc3)O[C@H]2[C@@H]1OC1CCCCO1. The quantitative estimate of drug-likeness (QED) is 0.768. The van der Waals surface area contributed by atoms with Crippen molar-refractivity contribution in [2.24, 2.45) is 0 Å². The van der Waals surface area contributed by atoms with E-state index in [1.165, 1.54) is 0 Å². The second-order valence-corrected chi connectivity index (χ2v) is 6.85. The highest BCUT2D eigenvalue weighted by molar-refractivity contribution is 5.19. The van der Waals surface area contributed by atoms with E-state index in [0.717, 1.165) is 37.0 Å². The van der Waals surface area contributed by atoms with Crippen LogP contribution in [-0.2, 0) is 28.4 Å². The van der Waals surface area contributed by atoms with E-state index in [0.29, 0.717) is 6.61 Å². The largest absolute Gasteiger partial charge is 0.353 e. The van der Waals surface area contributed by atoms with Gasteiger partial charge in [0.25, 0.3) is 0 Å². The number of benzene rings is 1. The number of ether oxygens (including phenoxy) is 6. The fraction of sp³-hybridized carbons (Fsp3) is 0.600. The molecule has 0 saturated carbocycles. The predicted molar refractivity (Wildman–Crippen MR) is 93.3 cm³/mol. The zero-order valence-electron chi connectivity index (χ0n) is 15.0. The van der Waals surface area contributed by atoms with Crippen molar-refractivity contribution < 1.29 is 28.4 Å². The Kier molecular flexibility index (Phi) is 5.69. The van der Waals surface area contributed by atoms with Crippen LogP contribution in [0.5, 0.6) is 0 Å². The number of hydrogen-bond donors (Lipinski definition) is 0. The van der Waals surface area contributed by atoms with E-state index in [-0.39, 0.29) is 24.6 Å². The fourth-order valence-electron chi connectivity index (χ4n) is 3.66. The molecule has 3 aliphatic rings. The standard InChI is InChI=1S/C20H26O6/c1-13-17(25-16-10-6-7-11-22-16)18-15(24-19(13)21-2)12-23-20(26-18)14-8-4-3-5-9-14/h3-5,8-9,15-20H,1,6-7,10-12H2,2H3/t15-,16?,17-,18-,19+,20?/m1/s1. The van der Waals surface area contributed by atoms with E-state index >= 15 is 0 Å². The fourth-order valence-corrected chi connectivity index (χ4v) is 3.66. The third kappa shape index (κ3) is 3.71. The van der Waals surface area contributed by atoms with E-state index in [9.17, 15) is 0 Å². The molecule has 0 radical (unpaired) electrons. The molecule has 0 aliphatic carbocycles. The van der Waals surface area contributed by atoms with Gasteiger partial charge in [0.1, 0.15) is 18.3 Å². The van der Waals surface area contributed by atoms with Crippen molar-refractivity contribution in [1.82, 2.24) is 0 Å². The molecule has 3 saturated heterocycles. The van der Waals surface area contributed by atoms with Gasteiger partial charge in [0.15, 0.2) is 18.9 Å². The molecular weight excluding hydrogens is 336 g/mol. The Labute approximate surface area is 154 Å². The normalized spacial score (nSPS) is 38.0. The number of fused-ring (bicyclic) bond motifs is 1. The van der Waals surface area contributed by atoms with Crippen LogP contribution in [-0.4, -0.2) is 51.2 Å². The maximum atomic E-state index is 6.27. The van der Waals surface area contributed by atoms with Crippen LogP contribution in [0.15, 0.2) is 42.5 Å². The second kappa shape index (κ2) is 8.17. The summed E-state index contributed by atoms with van der Waals surface area (Å²) in [6.07, 6.45) is 0.841. The van der Waals surface area contributed by atoms with Crippen LogP contribution in [0.2, 0.25) is 0 Å². The molecule has 6 heteroatoms. The first-order chi connectivity index (χ1) is 12.8. The summed E-state index contributed by atoms with van der Waals surface area (Å²) in [5.74, 6) is 0. The van der Waals surface area contributed by atoms with Crippen molar-refractivity contribution >= 4 is 0 Å². The number of hydrogen-bond acceptors (Lipinski definition) is 6. The van der Waals surface area contributed by atoms with E-state index in [1.54, 1.807) is 7.11 Å². The van der Waals surface area contributed by atoms with Crippen LogP contribution >= 0.6 is 0 Å². The van der Waals surface area contributed by atoms with Gasteiger partial charge in [-0.15, -0.1) is 0 Å². The predicted octanol–water partition coefficient (Wildman–Crippen LogP) is 2.94. The zero-order chi connectivity index (χ0) is 17.9. The average molecular weight is 362 g/mol. The Balaban J connectivity index is 1.52. The molecule has 0 spiro atoms. The zero-order valence-corrected chi connectivity index (χ0v) is 15.0. The summed E-state index contributed by atoms with van der Waals surface area (Å²) in [6.45, 7) is 5.28. The lowest BCUT2D eigenvalue weighted by Gasteiger charge is -2.47. The maximum absolute atomic E-state index is 6.27. The molecule has 3 heterocycles. The molecule has 2 unspecified atom stereocenters. The summed E-state index contributed by atoms with van der Waals surface area (Å²) >= 11 is 0. The Bertz CT molecular complexity index is 600. The highest BCUT2D eigenvalue weighted by Crippen LogP contribution is 2.38. The molecule has 0 N–H and O–H groups in total. The molecule has 3 fully saturated rings. The summed E-state index contributed by atoms with van der Waals surface area (Å²) in [5, 5.41) is 0. The highest BCUT2D eigenvalue weighted by Gasteiger charge is 2.48. The highest BCUT2D eigenvalue weighted by atomic mass is 16.8. The Morgan fingerprint density at radius 3 is 2.65 bits per heavy atom. The van der Waals surface area contributed by atoms with Crippen molar-refractivity contribution in [3.63, 3.8) is 0 Å². The van der Waals surface area contributed by atoms with Crippen LogP contribution in [0.1, 0.15) is 31.1 Å². The molecule has 4 rings (SSSR count). The first-order valence-electron chi connectivity index (χ1n) is 9.22. The Morgan fingerprint density at radius 1 is 1.08 bits per heavy atom. The van der Waals surface area contributed by atoms with Crippen LogP contribution in [0, 0.1) is 0 Å². The van der Waals surface area contributed by atoms with Crippen LogP contribution in [0.4, 0.5) is 0 Å². The third-order valence-electron chi connectivity index (χ3n) is 5.05. The first-order valence-corrected chi connectivity index (χ1v) is 9.22. The lowest BCUT2D eigenvalue weighted by Crippen LogP contribution is -2.57. The van der Waals surface area contributed by atoms with Gasteiger partial charge in [-0.1, -0.05) is 36.9 Å². The molecule has 0 amide bonds. The van der Waals surface area contributed by atoms with Crippen molar-refractivity contribution in [1.29, 1.82) is 0 Å². The minimum atomic E-state index is -0.537. The van der Waals surface area contributed by atoms with Gasteiger partial charge < -0.3 is 28.4 Å². The monoisotopic (exact) mass is 362 g/mol. The van der Waals surface area contributed by atoms with Gasteiger partial charge in [0.05, 0.1) is 6.61 Å². The molecular formula is C20H26O6. The average Bonchev–Trinajstić information content (AvgIpc) is 2.71. The summed E-state index contributed by atoms with van der Waals surface area (Å²) in [6, 6.07) is 9.88. The van der Waals surface area contributed by atoms with Gasteiger partial charge >= 0.3 is 0 Å². The summed E-state index contributed by atoms with van der Waals surface area (Å²) < 4.78 is 35.5. The summed E-state index contributed by atoms with van der Waals surface area (Å²) in [4.78, 5) is 0. The minimum Gasteiger partial charge on any atom is -0.353 e. The van der Waals surface area contributed by atoms with Gasteiger partial charge in [0.2, 0.25) is 0 Å². The topological polar surface area (TPSA) is 55.4 Å². The number of rotatable bonds is 4. The number of methoxy groups -OCH3 is 1. The van der Waals surface area contributed by atoms with Gasteiger partial charge in [0, 0.05) is 24.9 Å². The molecule has 1 aromatic carbocycles. The van der Waals surface area contributed by atoms with Crippen molar-refractivity contribution in [3.8, 4) is 0 Å². The summed E-state index contributed by atoms with van der Waals surface area (Å²) in [5.41, 5.74) is 1.69. The molecule has 6 atom stereocenters. The van der Waals surface area contributed by atoms with Gasteiger partial charge in [-0.25, -0.2) is 0 Å². The summed E-state index contributed by atoms with van der Waals surface area (Å²) in [7, 11) is 1.60. The molecule has 0 bridgehead atoms. The van der Waals surface area contributed by atoms with Gasteiger partial charge in [-0.2, -0.15) is 0 Å². The van der Waals surface area contributed by atoms with E-state index in [1.807, 2.05) is 30.3 Å². The van der Waals surface area contributed by atoms with Crippen molar-refractivity contribution in [3.05, 3.63) is 48.0 Å². The van der Waals surface area contributed by atoms with E-state index < -0.39 is 12.6 Å². The van der Waals surface area contributed by atoms with Crippen molar-refractivity contribution in [2.75, 3.05) is 20.3 Å². The Morgan fingerprint density at radius 2 is 1.92 bits per heavy atom. The molecule has 142 valence electrons. The lowest BCUT2D eigenvalue weighted by atomic mass is 9.96. The third-order valence-corrected chi connectivity index (χ3v) is 5.05. The van der Waals surface area contributed by atoms with Crippen LogP contribution < -0.4 is 0 Å².